The summed E-state index contributed by atoms with van der Waals surface area (Å²) < 4.78 is 5.39. The van der Waals surface area contributed by atoms with Crippen molar-refractivity contribution in [3.05, 3.63) is 23.7 Å². The predicted molar refractivity (Wildman–Crippen MR) is 73.1 cm³/mol. The summed E-state index contributed by atoms with van der Waals surface area (Å²) in [6.45, 7) is 0.175. The molecule has 0 aromatic carbocycles. The van der Waals surface area contributed by atoms with Crippen LogP contribution < -0.4 is 5.32 Å². The number of carbonyl (C=O) groups excluding carboxylic acids is 3. The molecule has 21 heavy (non-hydrogen) atoms. The lowest BCUT2D eigenvalue weighted by molar-refractivity contribution is -0.138. The maximum atomic E-state index is 12.0. The fourth-order valence-corrected chi connectivity index (χ4v) is 2.99. The van der Waals surface area contributed by atoms with Crippen LogP contribution in [0.2, 0.25) is 0 Å². The first-order valence-electron chi connectivity index (χ1n) is 7.34. The highest BCUT2D eigenvalue weighted by Crippen LogP contribution is 2.30. The van der Waals surface area contributed by atoms with E-state index in [4.69, 9.17) is 4.42 Å². The molecule has 3 amide bonds. The molecule has 1 aliphatic heterocycles. The number of aryl methyl sites for hydroxylation is 1. The van der Waals surface area contributed by atoms with Gasteiger partial charge in [-0.25, -0.2) is 0 Å². The van der Waals surface area contributed by atoms with Crippen LogP contribution in [0.15, 0.2) is 16.7 Å². The molecule has 1 N–H and O–H groups in total. The van der Waals surface area contributed by atoms with E-state index in [1.807, 2.05) is 6.07 Å². The van der Waals surface area contributed by atoms with Gasteiger partial charge in [0, 0.05) is 37.8 Å². The molecule has 1 aromatic rings. The zero-order valence-corrected chi connectivity index (χ0v) is 11.8. The van der Waals surface area contributed by atoms with Gasteiger partial charge in [-0.05, 0) is 18.9 Å². The largest absolute Gasteiger partial charge is 0.469 e. The van der Waals surface area contributed by atoms with Crippen LogP contribution >= 0.6 is 0 Å². The zero-order chi connectivity index (χ0) is 14.8. The molecule has 1 aromatic heterocycles. The van der Waals surface area contributed by atoms with Crippen LogP contribution in [0.4, 0.5) is 0 Å². The summed E-state index contributed by atoms with van der Waals surface area (Å²) in [6.07, 6.45) is 5.11. The van der Waals surface area contributed by atoms with E-state index in [0.29, 0.717) is 0 Å². The fourth-order valence-electron chi connectivity index (χ4n) is 2.99. The molecule has 0 bridgehead atoms. The molecule has 0 radical (unpaired) electrons. The Labute approximate surface area is 122 Å². The summed E-state index contributed by atoms with van der Waals surface area (Å²) >= 11 is 0. The highest BCUT2D eigenvalue weighted by atomic mass is 16.3. The molecule has 0 saturated carbocycles. The minimum Gasteiger partial charge on any atom is -0.469 e. The second-order valence-electron chi connectivity index (χ2n) is 5.50. The smallest absolute Gasteiger partial charge is 0.229 e. The predicted octanol–water partition coefficient (Wildman–Crippen LogP) is 1.31. The van der Waals surface area contributed by atoms with Gasteiger partial charge in [0.25, 0.3) is 0 Å². The molecular weight excluding hydrogens is 272 g/mol. The Kier molecular flexibility index (Phi) is 3.77. The molecule has 6 nitrogen and oxygen atoms in total. The lowest BCUT2D eigenvalue weighted by Crippen LogP contribution is -2.36. The Morgan fingerprint density at radius 3 is 2.81 bits per heavy atom. The average molecular weight is 290 g/mol. The number of hydrogen-bond donors (Lipinski definition) is 1. The molecule has 1 aliphatic carbocycles. The van der Waals surface area contributed by atoms with Crippen molar-refractivity contribution in [3.8, 4) is 0 Å². The normalized spacial score (nSPS) is 21.5. The van der Waals surface area contributed by atoms with Crippen molar-refractivity contribution < 1.29 is 18.8 Å². The number of nitrogens with zero attached hydrogens (tertiary/aromatic N) is 1. The summed E-state index contributed by atoms with van der Waals surface area (Å²) in [5, 5.41) is 2.97. The van der Waals surface area contributed by atoms with Gasteiger partial charge < -0.3 is 9.73 Å². The molecule has 1 saturated heterocycles. The number of fused-ring (bicyclic) bond motifs is 1. The number of furan rings is 1. The van der Waals surface area contributed by atoms with Crippen LogP contribution in [-0.2, 0) is 20.8 Å². The van der Waals surface area contributed by atoms with Crippen molar-refractivity contribution in [2.45, 2.75) is 44.6 Å². The monoisotopic (exact) mass is 290 g/mol. The first-order valence-corrected chi connectivity index (χ1v) is 7.34. The van der Waals surface area contributed by atoms with Crippen LogP contribution in [0.1, 0.15) is 49.5 Å². The van der Waals surface area contributed by atoms with Crippen molar-refractivity contribution >= 4 is 17.7 Å². The highest BCUT2D eigenvalue weighted by Gasteiger charge is 2.29. The number of amides is 3. The number of carbonyl (C=O) groups is 3. The van der Waals surface area contributed by atoms with E-state index in [9.17, 15) is 14.4 Å². The minimum absolute atomic E-state index is 0.0232. The van der Waals surface area contributed by atoms with Crippen LogP contribution in [0.25, 0.3) is 0 Å². The average Bonchev–Trinajstić information content (AvgIpc) is 3.05. The Morgan fingerprint density at radius 2 is 2.05 bits per heavy atom. The van der Waals surface area contributed by atoms with Gasteiger partial charge in [0.05, 0.1) is 12.3 Å². The molecular formula is C15H18N2O4. The van der Waals surface area contributed by atoms with Crippen molar-refractivity contribution in [2.24, 2.45) is 0 Å². The van der Waals surface area contributed by atoms with Crippen molar-refractivity contribution in [1.29, 1.82) is 0 Å². The molecule has 2 heterocycles. The molecule has 112 valence electrons. The second kappa shape index (κ2) is 5.71. The number of rotatable bonds is 4. The van der Waals surface area contributed by atoms with Gasteiger partial charge in [-0.2, -0.15) is 0 Å². The molecule has 1 fully saturated rings. The summed E-state index contributed by atoms with van der Waals surface area (Å²) in [4.78, 5) is 36.2. The van der Waals surface area contributed by atoms with Crippen LogP contribution in [0.3, 0.4) is 0 Å². The molecule has 1 atom stereocenters. The van der Waals surface area contributed by atoms with Gasteiger partial charge >= 0.3 is 0 Å². The number of nitrogens with one attached hydrogen (secondary N) is 1. The summed E-state index contributed by atoms with van der Waals surface area (Å²) in [5.74, 6) is 0.447. The van der Waals surface area contributed by atoms with Gasteiger partial charge in [0.15, 0.2) is 0 Å². The van der Waals surface area contributed by atoms with Crippen molar-refractivity contribution in [3.63, 3.8) is 0 Å². The zero-order valence-electron chi connectivity index (χ0n) is 11.8. The Balaban J connectivity index is 1.54. The fraction of sp³-hybridized carbons (Fsp3) is 0.533. The third-order valence-corrected chi connectivity index (χ3v) is 4.10. The summed E-state index contributed by atoms with van der Waals surface area (Å²) in [5.41, 5.74) is 1.04. The third kappa shape index (κ3) is 2.84. The molecule has 6 heteroatoms. The number of imide groups is 1. The Bertz CT molecular complexity index is 562. The van der Waals surface area contributed by atoms with Crippen molar-refractivity contribution in [2.75, 3.05) is 6.54 Å². The van der Waals surface area contributed by atoms with Crippen LogP contribution in [0.5, 0.6) is 0 Å². The van der Waals surface area contributed by atoms with E-state index in [2.05, 4.69) is 5.32 Å². The van der Waals surface area contributed by atoms with Gasteiger partial charge in [-0.3, -0.25) is 19.3 Å². The van der Waals surface area contributed by atoms with Crippen LogP contribution in [0, 0.1) is 0 Å². The van der Waals surface area contributed by atoms with Gasteiger partial charge in [0.2, 0.25) is 17.7 Å². The van der Waals surface area contributed by atoms with E-state index < -0.39 is 0 Å². The molecule has 2 aliphatic rings. The maximum Gasteiger partial charge on any atom is 0.229 e. The van der Waals surface area contributed by atoms with Gasteiger partial charge in [0.1, 0.15) is 5.76 Å². The van der Waals surface area contributed by atoms with E-state index in [-0.39, 0.29) is 49.6 Å². The summed E-state index contributed by atoms with van der Waals surface area (Å²) in [7, 11) is 0. The molecule has 1 unspecified atom stereocenters. The summed E-state index contributed by atoms with van der Waals surface area (Å²) in [6, 6.07) is 1.87. The SMILES string of the molecule is O=C(CCN1C(=O)CCC1=O)NC1CCCc2occc21. The maximum absolute atomic E-state index is 12.0. The minimum atomic E-state index is -0.178. The topological polar surface area (TPSA) is 79.6 Å². The lowest BCUT2D eigenvalue weighted by Gasteiger charge is -2.23. The van der Waals surface area contributed by atoms with E-state index in [1.165, 1.54) is 4.90 Å². The molecule has 3 rings (SSSR count). The van der Waals surface area contributed by atoms with Crippen LogP contribution in [-0.4, -0.2) is 29.2 Å². The number of likely N-dealkylation sites (tertiary alicyclic amines) is 1. The first-order chi connectivity index (χ1) is 10.1. The second-order valence-corrected chi connectivity index (χ2v) is 5.50. The van der Waals surface area contributed by atoms with Gasteiger partial charge in [-0.15, -0.1) is 0 Å². The van der Waals surface area contributed by atoms with Gasteiger partial charge in [-0.1, -0.05) is 0 Å². The Morgan fingerprint density at radius 1 is 1.29 bits per heavy atom. The highest BCUT2D eigenvalue weighted by molar-refractivity contribution is 6.02. The quantitative estimate of drug-likeness (QED) is 0.848. The Hall–Kier alpha value is -2.11. The van der Waals surface area contributed by atoms with E-state index in [0.717, 1.165) is 30.6 Å². The number of hydrogen-bond acceptors (Lipinski definition) is 4. The first kappa shape index (κ1) is 13.9. The van der Waals surface area contributed by atoms with E-state index in [1.54, 1.807) is 6.26 Å². The van der Waals surface area contributed by atoms with E-state index >= 15 is 0 Å². The molecule has 0 spiro atoms. The van der Waals surface area contributed by atoms with Crippen molar-refractivity contribution in [1.82, 2.24) is 10.2 Å². The third-order valence-electron chi connectivity index (χ3n) is 4.10. The standard InChI is InChI=1S/C15H18N2O4/c18-13(6-8-17-14(19)4-5-15(17)20)16-11-2-1-3-12-10(11)7-9-21-12/h7,9,11H,1-6,8H2,(H,16,18). The lowest BCUT2D eigenvalue weighted by atomic mass is 9.93.